The second-order valence-corrected chi connectivity index (χ2v) is 5.10. The Bertz CT molecular complexity index is 539. The quantitative estimate of drug-likeness (QED) is 0.772. The lowest BCUT2D eigenvalue weighted by Gasteiger charge is -2.21. The lowest BCUT2D eigenvalue weighted by Crippen LogP contribution is -2.36. The highest BCUT2D eigenvalue weighted by atomic mass is 16.3. The first-order valence-corrected chi connectivity index (χ1v) is 6.66. The maximum absolute atomic E-state index is 10.3. The molecule has 19 heavy (non-hydrogen) atoms. The predicted molar refractivity (Wildman–Crippen MR) is 78.1 cm³/mol. The first-order chi connectivity index (χ1) is 9.08. The van der Waals surface area contributed by atoms with Crippen LogP contribution in [0.25, 0.3) is 10.8 Å². The van der Waals surface area contributed by atoms with E-state index in [-0.39, 0.29) is 6.04 Å². The van der Waals surface area contributed by atoms with Crippen LogP contribution in [0.3, 0.4) is 0 Å². The molecule has 0 saturated heterocycles. The maximum atomic E-state index is 10.3. The molecule has 0 saturated carbocycles. The van der Waals surface area contributed by atoms with Crippen molar-refractivity contribution in [1.82, 2.24) is 5.32 Å². The Balaban J connectivity index is 2.14. The average Bonchev–Trinajstić information content (AvgIpc) is 2.43. The highest BCUT2D eigenvalue weighted by Gasteiger charge is 2.16. The first kappa shape index (κ1) is 14.0. The van der Waals surface area contributed by atoms with Crippen LogP contribution in [0.4, 0.5) is 0 Å². The Kier molecular flexibility index (Phi) is 4.53. The first-order valence-electron chi connectivity index (χ1n) is 6.66. The summed E-state index contributed by atoms with van der Waals surface area (Å²) in [5.74, 6) is 0. The van der Waals surface area contributed by atoms with Gasteiger partial charge in [0.2, 0.25) is 0 Å². The van der Waals surface area contributed by atoms with Crippen molar-refractivity contribution < 1.29 is 10.2 Å². The van der Waals surface area contributed by atoms with Crippen LogP contribution >= 0.6 is 0 Å². The van der Waals surface area contributed by atoms with Crippen molar-refractivity contribution in [3.8, 4) is 0 Å². The summed E-state index contributed by atoms with van der Waals surface area (Å²) in [4.78, 5) is 0. The van der Waals surface area contributed by atoms with E-state index >= 15 is 0 Å². The highest BCUT2D eigenvalue weighted by molar-refractivity contribution is 5.83. The zero-order chi connectivity index (χ0) is 13.8. The van der Waals surface area contributed by atoms with Crippen LogP contribution in [0.2, 0.25) is 0 Å². The molecule has 0 spiro atoms. The van der Waals surface area contributed by atoms with E-state index in [0.717, 1.165) is 10.9 Å². The standard InChI is InChI=1S/C16H21NO2/c1-11(18)10-17-12(2)16(19)15-8-7-13-5-3-4-6-14(13)9-15/h3-9,11-12,16-19H,10H2,1-2H3. The predicted octanol–water partition coefficient (Wildman–Crippen LogP) is 2.23. The molecule has 3 heteroatoms. The molecule has 3 atom stereocenters. The summed E-state index contributed by atoms with van der Waals surface area (Å²) in [5.41, 5.74) is 0.893. The van der Waals surface area contributed by atoms with Gasteiger partial charge in [-0.25, -0.2) is 0 Å². The van der Waals surface area contributed by atoms with E-state index in [2.05, 4.69) is 11.4 Å². The maximum Gasteiger partial charge on any atom is 0.0940 e. The van der Waals surface area contributed by atoms with Crippen LogP contribution in [0, 0.1) is 0 Å². The van der Waals surface area contributed by atoms with Gasteiger partial charge in [-0.2, -0.15) is 0 Å². The summed E-state index contributed by atoms with van der Waals surface area (Å²) in [6.45, 7) is 4.12. The van der Waals surface area contributed by atoms with E-state index in [9.17, 15) is 10.2 Å². The van der Waals surface area contributed by atoms with Gasteiger partial charge in [0.25, 0.3) is 0 Å². The molecule has 0 heterocycles. The van der Waals surface area contributed by atoms with E-state index in [1.807, 2.05) is 43.3 Å². The van der Waals surface area contributed by atoms with E-state index in [1.54, 1.807) is 6.92 Å². The van der Waals surface area contributed by atoms with E-state index in [4.69, 9.17) is 0 Å². The second-order valence-electron chi connectivity index (χ2n) is 5.10. The summed E-state index contributed by atoms with van der Waals surface area (Å²) in [6, 6.07) is 14.0. The molecule has 0 fully saturated rings. The average molecular weight is 259 g/mol. The Hall–Kier alpha value is -1.42. The molecule has 102 valence electrons. The Morgan fingerprint density at radius 2 is 1.68 bits per heavy atom. The minimum absolute atomic E-state index is 0.101. The van der Waals surface area contributed by atoms with Crippen LogP contribution in [0.1, 0.15) is 25.5 Å². The molecule has 3 nitrogen and oxygen atoms in total. The molecular formula is C16H21NO2. The van der Waals surface area contributed by atoms with Gasteiger partial charge in [0, 0.05) is 12.6 Å². The molecule has 3 N–H and O–H groups in total. The minimum atomic E-state index is -0.580. The van der Waals surface area contributed by atoms with E-state index in [0.29, 0.717) is 6.54 Å². The van der Waals surface area contributed by atoms with Crippen molar-refractivity contribution in [2.75, 3.05) is 6.54 Å². The van der Waals surface area contributed by atoms with Gasteiger partial charge in [0.1, 0.15) is 0 Å². The Morgan fingerprint density at radius 3 is 2.37 bits per heavy atom. The van der Waals surface area contributed by atoms with Gasteiger partial charge in [-0.05, 0) is 36.2 Å². The number of hydrogen-bond donors (Lipinski definition) is 3. The van der Waals surface area contributed by atoms with Crippen LogP contribution in [-0.4, -0.2) is 28.9 Å². The van der Waals surface area contributed by atoms with Crippen molar-refractivity contribution in [3.63, 3.8) is 0 Å². The fourth-order valence-corrected chi connectivity index (χ4v) is 2.15. The number of hydrogen-bond acceptors (Lipinski definition) is 3. The summed E-state index contributed by atoms with van der Waals surface area (Å²) in [5, 5.41) is 25.0. The zero-order valence-corrected chi connectivity index (χ0v) is 11.4. The summed E-state index contributed by atoms with van der Waals surface area (Å²) < 4.78 is 0. The third-order valence-corrected chi connectivity index (χ3v) is 3.32. The van der Waals surface area contributed by atoms with Crippen LogP contribution in [0.5, 0.6) is 0 Å². The molecule has 0 aliphatic carbocycles. The summed E-state index contributed by atoms with van der Waals surface area (Å²) in [6.07, 6.45) is -0.991. The molecule has 0 radical (unpaired) electrons. The summed E-state index contributed by atoms with van der Waals surface area (Å²) >= 11 is 0. The molecule has 0 aliphatic heterocycles. The SMILES string of the molecule is CC(O)CNC(C)C(O)c1ccc2ccccc2c1. The smallest absolute Gasteiger partial charge is 0.0940 e. The largest absolute Gasteiger partial charge is 0.392 e. The lowest BCUT2D eigenvalue weighted by atomic mass is 9.99. The molecule has 0 aliphatic rings. The summed E-state index contributed by atoms with van der Waals surface area (Å²) in [7, 11) is 0. The lowest BCUT2D eigenvalue weighted by molar-refractivity contribution is 0.121. The number of benzene rings is 2. The van der Waals surface area contributed by atoms with Gasteiger partial charge in [-0.15, -0.1) is 0 Å². The number of rotatable bonds is 5. The zero-order valence-electron chi connectivity index (χ0n) is 11.4. The Labute approximate surface area is 113 Å². The second kappa shape index (κ2) is 6.15. The number of aliphatic hydroxyl groups excluding tert-OH is 2. The van der Waals surface area contributed by atoms with Crippen LogP contribution < -0.4 is 5.32 Å². The fourth-order valence-electron chi connectivity index (χ4n) is 2.15. The molecule has 2 aromatic carbocycles. The van der Waals surface area contributed by atoms with Crippen molar-refractivity contribution in [1.29, 1.82) is 0 Å². The third-order valence-electron chi connectivity index (χ3n) is 3.32. The molecule has 2 rings (SSSR count). The normalized spacial score (nSPS) is 16.2. The third kappa shape index (κ3) is 3.53. The molecule has 0 amide bonds. The van der Waals surface area contributed by atoms with Gasteiger partial charge >= 0.3 is 0 Å². The van der Waals surface area contributed by atoms with Gasteiger partial charge < -0.3 is 15.5 Å². The van der Waals surface area contributed by atoms with Gasteiger partial charge in [-0.3, -0.25) is 0 Å². The van der Waals surface area contributed by atoms with Gasteiger partial charge in [-0.1, -0.05) is 36.4 Å². The van der Waals surface area contributed by atoms with Gasteiger partial charge in [0.15, 0.2) is 0 Å². The molecule has 0 bridgehead atoms. The molecule has 0 aromatic heterocycles. The van der Waals surface area contributed by atoms with Crippen molar-refractivity contribution >= 4 is 10.8 Å². The molecule has 2 aromatic rings. The highest BCUT2D eigenvalue weighted by Crippen LogP contribution is 2.22. The number of nitrogens with one attached hydrogen (secondary N) is 1. The minimum Gasteiger partial charge on any atom is -0.392 e. The molecule has 3 unspecified atom stereocenters. The van der Waals surface area contributed by atoms with Gasteiger partial charge in [0.05, 0.1) is 12.2 Å². The van der Waals surface area contributed by atoms with Crippen LogP contribution in [0.15, 0.2) is 42.5 Å². The fraction of sp³-hybridized carbons (Fsp3) is 0.375. The molecular weight excluding hydrogens is 238 g/mol. The topological polar surface area (TPSA) is 52.5 Å². The van der Waals surface area contributed by atoms with Crippen molar-refractivity contribution in [3.05, 3.63) is 48.0 Å². The van der Waals surface area contributed by atoms with E-state index in [1.165, 1.54) is 5.39 Å². The number of aliphatic hydroxyl groups is 2. The Morgan fingerprint density at radius 1 is 1.00 bits per heavy atom. The van der Waals surface area contributed by atoms with E-state index < -0.39 is 12.2 Å². The number of fused-ring (bicyclic) bond motifs is 1. The van der Waals surface area contributed by atoms with Crippen molar-refractivity contribution in [2.24, 2.45) is 0 Å². The monoisotopic (exact) mass is 259 g/mol. The van der Waals surface area contributed by atoms with Crippen LogP contribution in [-0.2, 0) is 0 Å². The van der Waals surface area contributed by atoms with Crippen molar-refractivity contribution in [2.45, 2.75) is 32.1 Å².